The van der Waals surface area contributed by atoms with Crippen LogP contribution in [-0.4, -0.2) is 47.1 Å². The van der Waals surface area contributed by atoms with Crippen LogP contribution >= 0.6 is 0 Å². The highest BCUT2D eigenvalue weighted by atomic mass is 16.6. The fourth-order valence-corrected chi connectivity index (χ4v) is 2.23. The van der Waals surface area contributed by atoms with Gasteiger partial charge in [0.2, 0.25) is 5.75 Å². The van der Waals surface area contributed by atoms with Crippen LogP contribution in [0.1, 0.15) is 23.2 Å². The number of para-hydroxylation sites is 1. The summed E-state index contributed by atoms with van der Waals surface area (Å²) in [5, 5.41) is 20.6. The smallest absolute Gasteiger partial charge is 0.311 e. The standard InChI is InChI=1S/C13H16N2O5/c1-14(8-9-4-3-7-20-9)13(17)10-5-2-6-11(12(10)16)15(18)19/h2,5-6,9,16H,3-4,7-8H2,1H3/t9-/m0/s1. The largest absolute Gasteiger partial charge is 0.502 e. The van der Waals surface area contributed by atoms with Crippen molar-refractivity contribution in [2.45, 2.75) is 18.9 Å². The second kappa shape index (κ2) is 5.87. The van der Waals surface area contributed by atoms with E-state index in [0.29, 0.717) is 13.2 Å². The molecule has 1 aliphatic rings. The SMILES string of the molecule is CN(C[C@@H]1CCCO1)C(=O)c1cccc([N+](=O)[O-])c1O. The minimum Gasteiger partial charge on any atom is -0.502 e. The number of nitro groups is 1. The summed E-state index contributed by atoms with van der Waals surface area (Å²) < 4.78 is 5.44. The molecule has 20 heavy (non-hydrogen) atoms. The number of phenolic OH excluding ortho intramolecular Hbond substituents is 1. The maximum absolute atomic E-state index is 12.2. The number of nitrogens with zero attached hydrogens (tertiary/aromatic N) is 2. The Bertz CT molecular complexity index is 525. The van der Waals surface area contributed by atoms with E-state index in [1.807, 2.05) is 0 Å². The summed E-state index contributed by atoms with van der Waals surface area (Å²) in [5.41, 5.74) is -0.541. The summed E-state index contributed by atoms with van der Waals surface area (Å²) in [4.78, 5) is 23.7. The number of ether oxygens (including phenoxy) is 1. The summed E-state index contributed by atoms with van der Waals surface area (Å²) >= 11 is 0. The second-order valence-corrected chi connectivity index (χ2v) is 4.75. The van der Waals surface area contributed by atoms with Gasteiger partial charge < -0.3 is 14.7 Å². The van der Waals surface area contributed by atoms with Crippen molar-refractivity contribution < 1.29 is 19.6 Å². The number of aromatic hydroxyl groups is 1. The summed E-state index contributed by atoms with van der Waals surface area (Å²) in [6, 6.07) is 3.91. The number of nitro benzene ring substituents is 1. The molecule has 1 aromatic rings. The molecule has 1 aliphatic heterocycles. The fraction of sp³-hybridized carbons (Fsp3) is 0.462. The molecule has 1 fully saturated rings. The molecular formula is C13H16N2O5. The molecule has 2 rings (SSSR count). The van der Waals surface area contributed by atoms with Crippen LogP contribution in [-0.2, 0) is 4.74 Å². The Morgan fingerprint density at radius 2 is 2.35 bits per heavy atom. The van der Waals surface area contributed by atoms with Gasteiger partial charge in [-0.2, -0.15) is 0 Å². The maximum Gasteiger partial charge on any atom is 0.311 e. The van der Waals surface area contributed by atoms with E-state index >= 15 is 0 Å². The van der Waals surface area contributed by atoms with Gasteiger partial charge in [-0.25, -0.2) is 0 Å². The number of hydrogen-bond donors (Lipinski definition) is 1. The number of likely N-dealkylation sites (N-methyl/N-ethyl adjacent to an activating group) is 1. The number of carbonyl (C=O) groups is 1. The zero-order valence-electron chi connectivity index (χ0n) is 11.1. The van der Waals surface area contributed by atoms with Gasteiger partial charge in [0.05, 0.1) is 16.6 Å². The highest BCUT2D eigenvalue weighted by molar-refractivity contribution is 5.97. The molecule has 0 spiro atoms. The lowest BCUT2D eigenvalue weighted by Crippen LogP contribution is -2.34. The van der Waals surface area contributed by atoms with Gasteiger partial charge in [0, 0.05) is 26.3 Å². The van der Waals surface area contributed by atoms with Crippen molar-refractivity contribution in [3.05, 3.63) is 33.9 Å². The average molecular weight is 280 g/mol. The summed E-state index contributed by atoms with van der Waals surface area (Å²) in [7, 11) is 1.59. The predicted molar refractivity (Wildman–Crippen MR) is 70.7 cm³/mol. The lowest BCUT2D eigenvalue weighted by atomic mass is 10.1. The van der Waals surface area contributed by atoms with E-state index in [4.69, 9.17) is 4.74 Å². The molecule has 1 aromatic carbocycles. The van der Waals surface area contributed by atoms with E-state index in [0.717, 1.165) is 18.9 Å². The molecule has 1 saturated heterocycles. The molecule has 108 valence electrons. The second-order valence-electron chi connectivity index (χ2n) is 4.75. The molecule has 0 aromatic heterocycles. The number of carbonyl (C=O) groups excluding carboxylic acids is 1. The van der Waals surface area contributed by atoms with E-state index in [9.17, 15) is 20.0 Å². The quantitative estimate of drug-likeness (QED) is 0.667. The minimum absolute atomic E-state index is 0.00945. The fourth-order valence-electron chi connectivity index (χ4n) is 2.23. The summed E-state index contributed by atoms with van der Waals surface area (Å²) in [6.07, 6.45) is 1.85. The first kappa shape index (κ1) is 14.3. The number of phenols is 1. The van der Waals surface area contributed by atoms with Crippen molar-refractivity contribution in [3.8, 4) is 5.75 Å². The van der Waals surface area contributed by atoms with Gasteiger partial charge in [0.15, 0.2) is 0 Å². The first-order valence-corrected chi connectivity index (χ1v) is 6.34. The van der Waals surface area contributed by atoms with E-state index in [-0.39, 0.29) is 11.7 Å². The van der Waals surface area contributed by atoms with E-state index in [1.54, 1.807) is 7.05 Å². The lowest BCUT2D eigenvalue weighted by Gasteiger charge is -2.21. The van der Waals surface area contributed by atoms with E-state index in [2.05, 4.69) is 0 Å². The number of benzene rings is 1. The van der Waals surface area contributed by atoms with Crippen molar-refractivity contribution in [3.63, 3.8) is 0 Å². The van der Waals surface area contributed by atoms with Crippen LogP contribution < -0.4 is 0 Å². The van der Waals surface area contributed by atoms with Crippen LogP contribution in [0, 0.1) is 10.1 Å². The highest BCUT2D eigenvalue weighted by Gasteiger charge is 2.25. The van der Waals surface area contributed by atoms with E-state index < -0.39 is 22.3 Å². The molecule has 1 N–H and O–H groups in total. The Balaban J connectivity index is 2.15. The molecule has 0 unspecified atom stereocenters. The number of rotatable bonds is 4. The third kappa shape index (κ3) is 2.88. The van der Waals surface area contributed by atoms with Gasteiger partial charge in [-0.05, 0) is 18.9 Å². The Morgan fingerprint density at radius 3 is 2.95 bits per heavy atom. The van der Waals surface area contributed by atoms with Crippen molar-refractivity contribution in [2.75, 3.05) is 20.2 Å². The number of hydrogen-bond acceptors (Lipinski definition) is 5. The average Bonchev–Trinajstić information content (AvgIpc) is 2.90. The Hall–Kier alpha value is -2.15. The van der Waals surface area contributed by atoms with Gasteiger partial charge in [0.1, 0.15) is 0 Å². The van der Waals surface area contributed by atoms with Crippen LogP contribution in [0.2, 0.25) is 0 Å². The van der Waals surface area contributed by atoms with Gasteiger partial charge >= 0.3 is 5.69 Å². The Kier molecular flexibility index (Phi) is 4.19. The predicted octanol–water partition coefficient (Wildman–Crippen LogP) is 1.55. The van der Waals surface area contributed by atoms with Gasteiger partial charge in [-0.1, -0.05) is 6.07 Å². The third-order valence-corrected chi connectivity index (χ3v) is 3.29. The van der Waals surface area contributed by atoms with Crippen molar-refractivity contribution in [1.82, 2.24) is 4.90 Å². The minimum atomic E-state index is -0.716. The Labute approximate surface area is 115 Å². The van der Waals surface area contributed by atoms with Crippen molar-refractivity contribution in [1.29, 1.82) is 0 Å². The lowest BCUT2D eigenvalue weighted by molar-refractivity contribution is -0.385. The molecule has 7 heteroatoms. The van der Waals surface area contributed by atoms with E-state index in [1.165, 1.54) is 17.0 Å². The normalized spacial score (nSPS) is 17.9. The zero-order chi connectivity index (χ0) is 14.7. The van der Waals surface area contributed by atoms with Gasteiger partial charge in [-0.15, -0.1) is 0 Å². The van der Waals surface area contributed by atoms with Gasteiger partial charge in [-0.3, -0.25) is 14.9 Å². The molecule has 1 amide bonds. The van der Waals surface area contributed by atoms with Crippen LogP contribution in [0.5, 0.6) is 5.75 Å². The molecule has 0 bridgehead atoms. The van der Waals surface area contributed by atoms with Crippen LogP contribution in [0.3, 0.4) is 0 Å². The van der Waals surface area contributed by atoms with Crippen molar-refractivity contribution >= 4 is 11.6 Å². The molecular weight excluding hydrogens is 264 g/mol. The third-order valence-electron chi connectivity index (χ3n) is 3.29. The molecule has 1 heterocycles. The molecule has 0 saturated carbocycles. The summed E-state index contributed by atoms with van der Waals surface area (Å²) in [6.45, 7) is 1.09. The molecule has 7 nitrogen and oxygen atoms in total. The number of amides is 1. The first-order valence-electron chi connectivity index (χ1n) is 6.34. The van der Waals surface area contributed by atoms with Gasteiger partial charge in [0.25, 0.3) is 5.91 Å². The summed E-state index contributed by atoms with van der Waals surface area (Å²) in [5.74, 6) is -1.05. The highest BCUT2D eigenvalue weighted by Crippen LogP contribution is 2.30. The topological polar surface area (TPSA) is 92.9 Å². The van der Waals surface area contributed by atoms with Crippen molar-refractivity contribution in [2.24, 2.45) is 0 Å². The van der Waals surface area contributed by atoms with Crippen LogP contribution in [0.15, 0.2) is 18.2 Å². The van der Waals surface area contributed by atoms with Crippen LogP contribution in [0.25, 0.3) is 0 Å². The monoisotopic (exact) mass is 280 g/mol. The molecule has 0 radical (unpaired) electrons. The first-order chi connectivity index (χ1) is 9.50. The van der Waals surface area contributed by atoms with Crippen LogP contribution in [0.4, 0.5) is 5.69 Å². The zero-order valence-corrected chi connectivity index (χ0v) is 11.1. The molecule has 1 atom stereocenters. The Morgan fingerprint density at radius 1 is 1.60 bits per heavy atom. The maximum atomic E-state index is 12.2. The molecule has 0 aliphatic carbocycles.